The number of nitrogens with zero attached hydrogens (tertiary/aromatic N) is 1. The summed E-state index contributed by atoms with van der Waals surface area (Å²) < 4.78 is 34.5. The number of quaternary nitrogens is 1. The lowest BCUT2D eigenvalue weighted by Crippen LogP contribution is -2.37. The number of esters is 1. The van der Waals surface area contributed by atoms with Gasteiger partial charge in [0.2, 0.25) is 0 Å². The maximum atomic E-state index is 12.6. The standard InChI is InChI=1S/C52H88NO7P/c1-6-8-10-12-14-16-18-20-21-22-23-24-25-26-27-28-29-30-31-32-34-36-38-40-42-44-47-57-49-51(50-59-61(55,56)58-48-46-53(3,4)5)60-52(54)45-43-41-39-37-35-33-19-17-15-13-11-9-7-2/h8-11,14-17,20-21,23-24,26-27,33,35,39,41,51H,6-7,12-13,18-19,22,25,28-32,34,36-38,40,42-50H2,1-5H3/b10-8-,11-9-,16-14-,17-15-,21-20-,24-23-,27-26-,35-33-,41-39-. The van der Waals surface area contributed by atoms with Gasteiger partial charge in [-0.25, -0.2) is 0 Å². The highest BCUT2D eigenvalue weighted by atomic mass is 31.2. The summed E-state index contributed by atoms with van der Waals surface area (Å²) in [6, 6.07) is 0. The van der Waals surface area contributed by atoms with Gasteiger partial charge in [0, 0.05) is 13.0 Å². The first kappa shape index (κ1) is 58.2. The molecule has 0 heterocycles. The quantitative estimate of drug-likeness (QED) is 0.0198. The van der Waals surface area contributed by atoms with Crippen LogP contribution in [0.4, 0.5) is 0 Å². The van der Waals surface area contributed by atoms with Gasteiger partial charge >= 0.3 is 5.97 Å². The first-order chi connectivity index (χ1) is 29.6. The molecule has 61 heavy (non-hydrogen) atoms. The van der Waals surface area contributed by atoms with Crippen LogP contribution in [0.1, 0.15) is 155 Å². The first-order valence-corrected chi connectivity index (χ1v) is 25.1. The van der Waals surface area contributed by atoms with Gasteiger partial charge in [-0.2, -0.15) is 0 Å². The van der Waals surface area contributed by atoms with Crippen molar-refractivity contribution in [3.05, 3.63) is 109 Å². The SMILES string of the molecule is CC/C=C\C/C=C\C/C=C\C/C=C\C/C=C\CCCCCCCCCCCCOCC(COP(=O)([O-])OCC[N+](C)(C)C)OC(=O)CC/C=C\C/C=C\C/C=C\C/C=C\CC. The van der Waals surface area contributed by atoms with Crippen LogP contribution in [0.2, 0.25) is 0 Å². The molecule has 0 aromatic carbocycles. The summed E-state index contributed by atoms with van der Waals surface area (Å²) in [7, 11) is 1.29. The summed E-state index contributed by atoms with van der Waals surface area (Å²) in [4.78, 5) is 25.0. The molecule has 0 spiro atoms. The number of hydrogen-bond donors (Lipinski definition) is 0. The van der Waals surface area contributed by atoms with Gasteiger partial charge < -0.3 is 27.9 Å². The number of rotatable bonds is 42. The number of hydrogen-bond acceptors (Lipinski definition) is 7. The third-order valence-electron chi connectivity index (χ3n) is 9.33. The van der Waals surface area contributed by atoms with Crippen LogP contribution in [0.5, 0.6) is 0 Å². The average Bonchev–Trinajstić information content (AvgIpc) is 3.22. The van der Waals surface area contributed by atoms with Crippen LogP contribution in [0.15, 0.2) is 109 Å². The molecule has 0 aliphatic rings. The maximum absolute atomic E-state index is 12.6. The molecule has 2 atom stereocenters. The molecule has 2 unspecified atom stereocenters. The number of likely N-dealkylation sites (N-methyl/N-ethyl adjacent to an activating group) is 1. The predicted octanol–water partition coefficient (Wildman–Crippen LogP) is 13.8. The van der Waals surface area contributed by atoms with E-state index in [1.807, 2.05) is 33.3 Å². The van der Waals surface area contributed by atoms with Crippen molar-refractivity contribution in [2.45, 2.75) is 161 Å². The Labute approximate surface area is 374 Å². The Morgan fingerprint density at radius 3 is 1.34 bits per heavy atom. The van der Waals surface area contributed by atoms with E-state index < -0.39 is 19.9 Å². The fourth-order valence-electron chi connectivity index (χ4n) is 5.76. The van der Waals surface area contributed by atoms with Gasteiger partial charge in [0.1, 0.15) is 19.3 Å². The maximum Gasteiger partial charge on any atom is 0.306 e. The van der Waals surface area contributed by atoms with Gasteiger partial charge in [0.25, 0.3) is 7.82 Å². The lowest BCUT2D eigenvalue weighted by atomic mass is 10.1. The number of allylic oxidation sites excluding steroid dienone is 18. The molecule has 0 aromatic rings. The molecule has 0 radical (unpaired) electrons. The molecule has 0 aliphatic carbocycles. The summed E-state index contributed by atoms with van der Waals surface area (Å²) in [5.41, 5.74) is 0. The number of phosphoric ester groups is 1. The molecule has 0 aliphatic heterocycles. The van der Waals surface area contributed by atoms with E-state index in [0.29, 0.717) is 24.1 Å². The molecule has 0 saturated heterocycles. The molecule has 0 saturated carbocycles. The summed E-state index contributed by atoms with van der Waals surface area (Å²) in [5, 5.41) is 0. The molecule has 0 bridgehead atoms. The number of phosphoric acid groups is 1. The zero-order chi connectivity index (χ0) is 44.8. The Morgan fingerprint density at radius 1 is 0.508 bits per heavy atom. The van der Waals surface area contributed by atoms with Crippen LogP contribution in [0.3, 0.4) is 0 Å². The van der Waals surface area contributed by atoms with Crippen LogP contribution < -0.4 is 4.89 Å². The lowest BCUT2D eigenvalue weighted by Gasteiger charge is -2.28. The molecular formula is C52H88NO7P. The molecule has 9 heteroatoms. The zero-order valence-electron chi connectivity index (χ0n) is 39.3. The van der Waals surface area contributed by atoms with Crippen molar-refractivity contribution in [2.24, 2.45) is 0 Å². The largest absolute Gasteiger partial charge is 0.756 e. The van der Waals surface area contributed by atoms with E-state index in [0.717, 1.165) is 77.0 Å². The molecule has 0 amide bonds. The molecule has 8 nitrogen and oxygen atoms in total. The van der Waals surface area contributed by atoms with Crippen molar-refractivity contribution in [3.63, 3.8) is 0 Å². The van der Waals surface area contributed by atoms with E-state index in [2.05, 4.69) is 111 Å². The van der Waals surface area contributed by atoms with Gasteiger partial charge in [-0.1, -0.05) is 175 Å². The summed E-state index contributed by atoms with van der Waals surface area (Å²) in [5.74, 6) is -0.420. The minimum atomic E-state index is -4.55. The number of carbonyl (C=O) groups excluding carboxylic acids is 1. The summed E-state index contributed by atoms with van der Waals surface area (Å²) in [6.07, 6.45) is 61.4. The topological polar surface area (TPSA) is 94.1 Å². The van der Waals surface area contributed by atoms with Gasteiger partial charge in [-0.3, -0.25) is 9.36 Å². The normalized spacial score (nSPS) is 14.7. The Kier molecular flexibility index (Phi) is 41.8. The Bertz CT molecular complexity index is 1340. The second-order valence-electron chi connectivity index (χ2n) is 16.3. The lowest BCUT2D eigenvalue weighted by molar-refractivity contribution is -0.870. The van der Waals surface area contributed by atoms with Crippen LogP contribution in [0.25, 0.3) is 0 Å². The Balaban J connectivity index is 4.20. The highest BCUT2D eigenvalue weighted by molar-refractivity contribution is 7.45. The second kappa shape index (κ2) is 43.8. The van der Waals surface area contributed by atoms with Crippen LogP contribution >= 0.6 is 7.82 Å². The van der Waals surface area contributed by atoms with Crippen molar-refractivity contribution in [1.82, 2.24) is 0 Å². The van der Waals surface area contributed by atoms with E-state index in [4.69, 9.17) is 18.5 Å². The molecular weight excluding hydrogens is 782 g/mol. The summed E-state index contributed by atoms with van der Waals surface area (Å²) >= 11 is 0. The fraction of sp³-hybridized carbons (Fsp3) is 0.635. The number of unbranched alkanes of at least 4 members (excludes halogenated alkanes) is 10. The third-order valence-corrected chi connectivity index (χ3v) is 10.3. The van der Waals surface area contributed by atoms with E-state index >= 15 is 0 Å². The van der Waals surface area contributed by atoms with E-state index in [9.17, 15) is 14.3 Å². The Morgan fingerprint density at radius 2 is 0.902 bits per heavy atom. The van der Waals surface area contributed by atoms with Crippen molar-refractivity contribution in [1.29, 1.82) is 0 Å². The number of ether oxygens (including phenoxy) is 2. The predicted molar refractivity (Wildman–Crippen MR) is 258 cm³/mol. The van der Waals surface area contributed by atoms with Gasteiger partial charge in [0.05, 0.1) is 34.4 Å². The van der Waals surface area contributed by atoms with E-state index in [-0.39, 0.29) is 26.2 Å². The van der Waals surface area contributed by atoms with Gasteiger partial charge in [-0.05, 0) is 83.5 Å². The highest BCUT2D eigenvalue weighted by Crippen LogP contribution is 2.38. The minimum absolute atomic E-state index is 0.00648. The molecule has 0 fully saturated rings. The van der Waals surface area contributed by atoms with Crippen molar-refractivity contribution >= 4 is 13.8 Å². The first-order valence-electron chi connectivity index (χ1n) is 23.6. The van der Waals surface area contributed by atoms with Crippen LogP contribution in [-0.4, -0.2) is 70.7 Å². The zero-order valence-corrected chi connectivity index (χ0v) is 40.2. The Hall–Kier alpha value is -2.84. The van der Waals surface area contributed by atoms with Crippen LogP contribution in [-0.2, 0) is 27.9 Å². The summed E-state index contributed by atoms with van der Waals surface area (Å²) in [6.45, 7) is 5.04. The number of carbonyl (C=O) groups is 1. The molecule has 0 N–H and O–H groups in total. The van der Waals surface area contributed by atoms with Crippen molar-refractivity contribution < 1.29 is 37.3 Å². The molecule has 0 aromatic heterocycles. The minimum Gasteiger partial charge on any atom is -0.756 e. The average molecular weight is 870 g/mol. The van der Waals surface area contributed by atoms with Crippen molar-refractivity contribution in [2.75, 3.05) is 54.1 Å². The third kappa shape index (κ3) is 48.1. The van der Waals surface area contributed by atoms with Gasteiger partial charge in [-0.15, -0.1) is 0 Å². The van der Waals surface area contributed by atoms with Gasteiger partial charge in [0.15, 0.2) is 0 Å². The monoisotopic (exact) mass is 870 g/mol. The van der Waals surface area contributed by atoms with E-state index in [1.54, 1.807) is 0 Å². The van der Waals surface area contributed by atoms with Crippen molar-refractivity contribution in [3.8, 4) is 0 Å². The second-order valence-corrected chi connectivity index (χ2v) is 17.8. The smallest absolute Gasteiger partial charge is 0.306 e. The highest BCUT2D eigenvalue weighted by Gasteiger charge is 2.20. The van der Waals surface area contributed by atoms with E-state index in [1.165, 1.54) is 51.4 Å². The fourth-order valence-corrected chi connectivity index (χ4v) is 6.49. The molecule has 348 valence electrons. The van der Waals surface area contributed by atoms with Crippen LogP contribution in [0, 0.1) is 0 Å². The molecule has 0 rings (SSSR count).